The zero-order valence-corrected chi connectivity index (χ0v) is 18.5. The predicted molar refractivity (Wildman–Crippen MR) is 116 cm³/mol. The van der Waals surface area contributed by atoms with Crippen molar-refractivity contribution in [2.24, 2.45) is 0 Å². The van der Waals surface area contributed by atoms with Gasteiger partial charge in [0.15, 0.2) is 5.82 Å². The molecule has 2 aromatic heterocycles. The summed E-state index contributed by atoms with van der Waals surface area (Å²) in [4.78, 5) is 12.5. The Morgan fingerprint density at radius 3 is 2.25 bits per heavy atom. The summed E-state index contributed by atoms with van der Waals surface area (Å²) in [6, 6.07) is 8.84. The molecule has 0 saturated carbocycles. The van der Waals surface area contributed by atoms with Crippen molar-refractivity contribution >= 4 is 28.1 Å². The van der Waals surface area contributed by atoms with E-state index in [1.165, 1.54) is 36.6 Å². The number of pyridine rings is 1. The lowest BCUT2D eigenvalue weighted by Gasteiger charge is -2.22. The number of benzene rings is 1. The highest BCUT2D eigenvalue weighted by atomic mass is 32.2. The molecule has 0 aliphatic heterocycles. The highest BCUT2D eigenvalue weighted by Gasteiger charge is 2.32. The van der Waals surface area contributed by atoms with E-state index >= 15 is 0 Å². The van der Waals surface area contributed by atoms with E-state index in [9.17, 15) is 21.8 Å². The normalized spacial score (nSPS) is 13.0. The minimum atomic E-state index is -4.62. The van der Waals surface area contributed by atoms with Gasteiger partial charge in [-0.25, -0.2) is 19.3 Å². The third-order valence-corrected chi connectivity index (χ3v) is 4.87. The molecular formula is C21H21F4N5OS. The maximum atomic E-state index is 14.0. The van der Waals surface area contributed by atoms with Gasteiger partial charge in [0.25, 0.3) is 0 Å². The Balaban J connectivity index is 2.08. The second-order valence-electron chi connectivity index (χ2n) is 8.00. The minimum Gasteiger partial charge on any atom is -0.365 e. The molecule has 0 spiro atoms. The standard InChI is InChI=1S/C21H21F4N5OS/c1-20(2,3)30-18-11-17(26-13-8-12(22)9-14(10-13)32(4)31)28-19(29-18)15-6-5-7-16(27-15)21(23,24)25/h5-11H,1-4H3,(H2,26,28,29,30). The lowest BCUT2D eigenvalue weighted by atomic mass is 10.1. The van der Waals surface area contributed by atoms with Gasteiger partial charge in [-0.05, 0) is 51.1 Å². The molecule has 0 amide bonds. The van der Waals surface area contributed by atoms with E-state index in [1.54, 1.807) is 0 Å². The molecule has 0 radical (unpaired) electrons. The van der Waals surface area contributed by atoms with E-state index in [0.717, 1.165) is 12.1 Å². The smallest absolute Gasteiger partial charge is 0.365 e. The molecule has 2 N–H and O–H groups in total. The molecule has 32 heavy (non-hydrogen) atoms. The van der Waals surface area contributed by atoms with Crippen molar-refractivity contribution in [3.63, 3.8) is 0 Å². The zero-order chi connectivity index (χ0) is 23.7. The van der Waals surface area contributed by atoms with Gasteiger partial charge in [0, 0.05) is 39.2 Å². The van der Waals surface area contributed by atoms with E-state index in [0.29, 0.717) is 5.82 Å². The zero-order valence-electron chi connectivity index (χ0n) is 17.7. The number of nitrogens with one attached hydrogen (secondary N) is 2. The molecular weight excluding hydrogens is 446 g/mol. The summed E-state index contributed by atoms with van der Waals surface area (Å²) in [5, 5.41) is 6.05. The fraction of sp³-hybridized carbons (Fsp3) is 0.286. The Bertz CT molecular complexity index is 1160. The van der Waals surface area contributed by atoms with Crippen molar-refractivity contribution in [3.05, 3.63) is 54.0 Å². The number of rotatable bonds is 5. The molecule has 1 unspecified atom stereocenters. The monoisotopic (exact) mass is 467 g/mol. The van der Waals surface area contributed by atoms with E-state index in [4.69, 9.17) is 0 Å². The van der Waals surface area contributed by atoms with Crippen LogP contribution < -0.4 is 10.6 Å². The largest absolute Gasteiger partial charge is 0.433 e. The van der Waals surface area contributed by atoms with Crippen LogP contribution in [0.3, 0.4) is 0 Å². The molecule has 0 fully saturated rings. The molecule has 6 nitrogen and oxygen atoms in total. The lowest BCUT2D eigenvalue weighted by Crippen LogP contribution is -2.27. The number of aromatic nitrogens is 3. The third-order valence-electron chi connectivity index (χ3n) is 3.97. The van der Waals surface area contributed by atoms with Crippen molar-refractivity contribution in [3.8, 4) is 11.5 Å². The number of anilines is 3. The maximum absolute atomic E-state index is 14.0. The van der Waals surface area contributed by atoms with Crippen molar-refractivity contribution in [1.82, 2.24) is 15.0 Å². The molecule has 0 bridgehead atoms. The molecule has 1 aromatic carbocycles. The van der Waals surface area contributed by atoms with Crippen LogP contribution in [-0.2, 0) is 17.0 Å². The number of alkyl halides is 3. The number of halogens is 4. The van der Waals surface area contributed by atoms with Gasteiger partial charge in [0.2, 0.25) is 0 Å². The van der Waals surface area contributed by atoms with E-state index < -0.39 is 34.0 Å². The van der Waals surface area contributed by atoms with Crippen molar-refractivity contribution in [1.29, 1.82) is 0 Å². The predicted octanol–water partition coefficient (Wildman–Crippen LogP) is 5.39. The third kappa shape index (κ3) is 6.22. The summed E-state index contributed by atoms with van der Waals surface area (Å²) in [5.74, 6) is -0.120. The van der Waals surface area contributed by atoms with Crippen molar-refractivity contribution in [2.45, 2.75) is 37.4 Å². The molecule has 0 aliphatic carbocycles. The van der Waals surface area contributed by atoms with Crippen LogP contribution in [0.5, 0.6) is 0 Å². The maximum Gasteiger partial charge on any atom is 0.433 e. The Hall–Kier alpha value is -3.08. The summed E-state index contributed by atoms with van der Waals surface area (Å²) < 4.78 is 65.0. The Kier molecular flexibility index (Phi) is 6.49. The van der Waals surface area contributed by atoms with E-state index in [-0.39, 0.29) is 27.9 Å². The fourth-order valence-corrected chi connectivity index (χ4v) is 3.31. The topological polar surface area (TPSA) is 79.8 Å². The van der Waals surface area contributed by atoms with Crippen molar-refractivity contribution in [2.75, 3.05) is 16.9 Å². The van der Waals surface area contributed by atoms with Gasteiger partial charge in [0.1, 0.15) is 28.8 Å². The van der Waals surface area contributed by atoms with Gasteiger partial charge in [-0.1, -0.05) is 6.07 Å². The summed E-state index contributed by atoms with van der Waals surface area (Å²) in [5.41, 5.74) is -1.27. The number of hydrogen-bond acceptors (Lipinski definition) is 6. The summed E-state index contributed by atoms with van der Waals surface area (Å²) in [6.45, 7) is 5.67. The molecule has 2 heterocycles. The highest BCUT2D eigenvalue weighted by Crippen LogP contribution is 2.30. The van der Waals surface area contributed by atoms with Crippen LogP contribution in [0.15, 0.2) is 47.4 Å². The van der Waals surface area contributed by atoms with Gasteiger partial charge < -0.3 is 10.6 Å². The molecule has 0 aliphatic rings. The summed E-state index contributed by atoms with van der Waals surface area (Å²) in [7, 11) is -1.41. The SMILES string of the molecule is CS(=O)c1cc(F)cc(Nc2cc(NC(C)(C)C)nc(-c3cccc(C(F)(F)F)n3)n2)c1. The number of nitrogens with zero attached hydrogens (tertiary/aromatic N) is 3. The molecule has 170 valence electrons. The van der Waals surface area contributed by atoms with Crippen LogP contribution >= 0.6 is 0 Å². The molecule has 3 aromatic rings. The number of hydrogen-bond donors (Lipinski definition) is 2. The van der Waals surface area contributed by atoms with Crippen LogP contribution in [0.4, 0.5) is 34.9 Å². The summed E-state index contributed by atoms with van der Waals surface area (Å²) in [6.07, 6.45) is -3.20. The minimum absolute atomic E-state index is 0.0523. The highest BCUT2D eigenvalue weighted by molar-refractivity contribution is 7.84. The second-order valence-corrected chi connectivity index (χ2v) is 9.38. The van der Waals surface area contributed by atoms with E-state index in [1.807, 2.05) is 20.8 Å². The quantitative estimate of drug-likeness (QED) is 0.490. The van der Waals surface area contributed by atoms with Crippen LogP contribution in [-0.4, -0.2) is 31.0 Å². The lowest BCUT2D eigenvalue weighted by molar-refractivity contribution is -0.141. The van der Waals surface area contributed by atoms with Gasteiger partial charge in [-0.2, -0.15) is 13.2 Å². The van der Waals surface area contributed by atoms with Crippen molar-refractivity contribution < 1.29 is 21.8 Å². The first kappa shape index (κ1) is 23.6. The Morgan fingerprint density at radius 1 is 0.938 bits per heavy atom. The van der Waals surface area contributed by atoms with Crippen LogP contribution in [0.25, 0.3) is 11.5 Å². The average molecular weight is 467 g/mol. The molecule has 0 saturated heterocycles. The summed E-state index contributed by atoms with van der Waals surface area (Å²) >= 11 is 0. The average Bonchev–Trinajstić information content (AvgIpc) is 2.65. The first-order chi connectivity index (χ1) is 14.8. The molecule has 11 heteroatoms. The van der Waals surface area contributed by atoms with Crippen LogP contribution in [0.2, 0.25) is 0 Å². The molecule has 3 rings (SSSR count). The van der Waals surface area contributed by atoms with Gasteiger partial charge in [-0.3, -0.25) is 4.21 Å². The van der Waals surface area contributed by atoms with E-state index in [2.05, 4.69) is 25.6 Å². The first-order valence-corrected chi connectivity index (χ1v) is 11.0. The Morgan fingerprint density at radius 2 is 1.62 bits per heavy atom. The van der Waals surface area contributed by atoms with Crippen LogP contribution in [0.1, 0.15) is 26.5 Å². The molecule has 1 atom stereocenters. The fourth-order valence-electron chi connectivity index (χ4n) is 2.74. The Labute approximate surface area is 185 Å². The van der Waals surface area contributed by atoms with Crippen LogP contribution in [0, 0.1) is 5.82 Å². The first-order valence-electron chi connectivity index (χ1n) is 9.43. The van der Waals surface area contributed by atoms with Gasteiger partial charge in [-0.15, -0.1) is 0 Å². The van der Waals surface area contributed by atoms with Gasteiger partial charge >= 0.3 is 6.18 Å². The second kappa shape index (κ2) is 8.81. The van der Waals surface area contributed by atoms with Gasteiger partial charge in [0.05, 0.1) is 0 Å².